The zero-order valence-corrected chi connectivity index (χ0v) is 18.3. The van der Waals surface area contributed by atoms with E-state index in [0.717, 1.165) is 33.5 Å². The molecule has 1 N–H and O–H groups in total. The Kier molecular flexibility index (Phi) is 6.52. The van der Waals surface area contributed by atoms with Crippen LogP contribution >= 0.6 is 0 Å². The number of aromatic nitrogens is 1. The van der Waals surface area contributed by atoms with Crippen molar-refractivity contribution in [1.82, 2.24) is 10.3 Å². The maximum absolute atomic E-state index is 13.8. The molecule has 0 saturated carbocycles. The maximum Gasteiger partial charge on any atom is 0.165 e. The van der Waals surface area contributed by atoms with Crippen molar-refractivity contribution >= 4 is 10.9 Å². The van der Waals surface area contributed by atoms with Gasteiger partial charge in [-0.3, -0.25) is 0 Å². The lowest BCUT2D eigenvalue weighted by Gasteiger charge is -2.15. The first-order valence-corrected chi connectivity index (χ1v) is 10.3. The van der Waals surface area contributed by atoms with Crippen molar-refractivity contribution in [3.8, 4) is 28.5 Å². The van der Waals surface area contributed by atoms with Gasteiger partial charge in [-0.1, -0.05) is 24.3 Å². The Balaban J connectivity index is 1.67. The summed E-state index contributed by atoms with van der Waals surface area (Å²) in [5.74, 6) is 1.84. The molecule has 0 aliphatic carbocycles. The molecule has 1 heterocycles. The lowest BCUT2D eigenvalue weighted by molar-refractivity contribution is 0.350. The van der Waals surface area contributed by atoms with Crippen LogP contribution < -0.4 is 19.5 Å². The van der Waals surface area contributed by atoms with Crippen LogP contribution in [0.4, 0.5) is 4.39 Å². The third kappa shape index (κ3) is 4.50. The van der Waals surface area contributed by atoms with E-state index in [1.165, 1.54) is 12.1 Å². The first-order valence-electron chi connectivity index (χ1n) is 10.3. The van der Waals surface area contributed by atoms with Gasteiger partial charge in [-0.25, -0.2) is 9.37 Å². The second kappa shape index (κ2) is 9.66. The highest BCUT2D eigenvalue weighted by Gasteiger charge is 2.13. The molecule has 164 valence electrons. The molecule has 4 rings (SSSR count). The van der Waals surface area contributed by atoms with Gasteiger partial charge in [0.2, 0.25) is 0 Å². The van der Waals surface area contributed by atoms with Crippen LogP contribution in [0.5, 0.6) is 17.2 Å². The minimum absolute atomic E-state index is 0.308. The van der Waals surface area contributed by atoms with Crippen molar-refractivity contribution in [3.63, 3.8) is 0 Å². The number of ether oxygens (including phenoxy) is 3. The molecule has 0 fully saturated rings. The Morgan fingerprint density at radius 1 is 0.812 bits per heavy atom. The van der Waals surface area contributed by atoms with Crippen LogP contribution in [-0.2, 0) is 13.1 Å². The normalized spacial score (nSPS) is 10.9. The number of hydrogen-bond acceptors (Lipinski definition) is 5. The summed E-state index contributed by atoms with van der Waals surface area (Å²) in [5, 5.41) is 4.36. The van der Waals surface area contributed by atoms with Gasteiger partial charge in [0.1, 0.15) is 11.6 Å². The second-order valence-electron chi connectivity index (χ2n) is 7.32. The zero-order chi connectivity index (χ0) is 22.5. The summed E-state index contributed by atoms with van der Waals surface area (Å²) < 4.78 is 30.1. The molecule has 5 nitrogen and oxygen atoms in total. The molecule has 3 aromatic carbocycles. The van der Waals surface area contributed by atoms with Crippen molar-refractivity contribution in [2.24, 2.45) is 0 Å². The Labute approximate surface area is 186 Å². The van der Waals surface area contributed by atoms with Gasteiger partial charge in [-0.05, 0) is 42.0 Å². The van der Waals surface area contributed by atoms with Crippen LogP contribution in [0.25, 0.3) is 22.2 Å². The van der Waals surface area contributed by atoms with Gasteiger partial charge in [-0.15, -0.1) is 0 Å². The van der Waals surface area contributed by atoms with Crippen LogP contribution in [0.2, 0.25) is 0 Å². The standard InChI is InChI=1S/C26H25FN2O3/c1-30-22-8-4-6-18(13-22)25-20(12-17-10-11-21(27)14-23(17)29-25)16-28-15-19-7-5-9-24(31-2)26(19)32-3/h4-14,28H,15-16H2,1-3H3. The van der Waals surface area contributed by atoms with E-state index in [1.807, 2.05) is 48.5 Å². The van der Waals surface area contributed by atoms with Gasteiger partial charge in [-0.2, -0.15) is 0 Å². The Bertz CT molecular complexity index is 1240. The highest BCUT2D eigenvalue weighted by molar-refractivity contribution is 5.83. The number of methoxy groups -OCH3 is 3. The van der Waals surface area contributed by atoms with Gasteiger partial charge in [0.15, 0.2) is 11.5 Å². The summed E-state index contributed by atoms with van der Waals surface area (Å²) in [4.78, 5) is 4.79. The number of pyridine rings is 1. The molecule has 0 atom stereocenters. The number of nitrogens with zero attached hydrogens (tertiary/aromatic N) is 1. The van der Waals surface area contributed by atoms with Gasteiger partial charge in [0.25, 0.3) is 0 Å². The molecular formula is C26H25FN2O3. The van der Waals surface area contributed by atoms with Crippen LogP contribution in [0.3, 0.4) is 0 Å². The number of para-hydroxylation sites is 1. The highest BCUT2D eigenvalue weighted by Crippen LogP contribution is 2.31. The molecule has 0 saturated heterocycles. The molecule has 0 spiro atoms. The molecule has 32 heavy (non-hydrogen) atoms. The van der Waals surface area contributed by atoms with Gasteiger partial charge in [0, 0.05) is 35.7 Å². The molecule has 0 aliphatic heterocycles. The average Bonchev–Trinajstić information content (AvgIpc) is 2.83. The molecule has 0 bridgehead atoms. The fourth-order valence-corrected chi connectivity index (χ4v) is 3.76. The number of halogens is 1. The number of nitrogens with one attached hydrogen (secondary N) is 1. The number of hydrogen-bond donors (Lipinski definition) is 1. The zero-order valence-electron chi connectivity index (χ0n) is 18.3. The van der Waals surface area contributed by atoms with Crippen LogP contribution in [-0.4, -0.2) is 26.3 Å². The first kappa shape index (κ1) is 21.6. The third-order valence-electron chi connectivity index (χ3n) is 5.32. The fourth-order valence-electron chi connectivity index (χ4n) is 3.76. The van der Waals surface area contributed by atoms with Crippen LogP contribution in [0.15, 0.2) is 66.7 Å². The molecular weight excluding hydrogens is 407 g/mol. The van der Waals surface area contributed by atoms with Crippen LogP contribution in [0, 0.1) is 5.82 Å². The molecule has 0 aliphatic rings. The van der Waals surface area contributed by atoms with E-state index in [-0.39, 0.29) is 5.82 Å². The molecule has 6 heteroatoms. The third-order valence-corrected chi connectivity index (χ3v) is 5.32. The van der Waals surface area contributed by atoms with Crippen LogP contribution in [0.1, 0.15) is 11.1 Å². The molecule has 0 amide bonds. The first-order chi connectivity index (χ1) is 15.6. The van der Waals surface area contributed by atoms with E-state index in [4.69, 9.17) is 19.2 Å². The molecule has 0 radical (unpaired) electrons. The summed E-state index contributed by atoms with van der Waals surface area (Å²) in [6.07, 6.45) is 0. The summed E-state index contributed by atoms with van der Waals surface area (Å²) in [6, 6.07) is 20.2. The molecule has 4 aromatic rings. The number of rotatable bonds is 8. The lowest BCUT2D eigenvalue weighted by atomic mass is 10.0. The monoisotopic (exact) mass is 432 g/mol. The Morgan fingerprint density at radius 3 is 2.41 bits per heavy atom. The SMILES string of the molecule is COc1cccc(-c2nc3cc(F)ccc3cc2CNCc2cccc(OC)c2OC)c1. The van der Waals surface area contributed by atoms with E-state index >= 15 is 0 Å². The van der Waals surface area contributed by atoms with E-state index < -0.39 is 0 Å². The summed E-state index contributed by atoms with van der Waals surface area (Å²) in [5.41, 5.74) is 4.30. The topological polar surface area (TPSA) is 52.6 Å². The summed E-state index contributed by atoms with van der Waals surface area (Å²) in [6.45, 7) is 1.15. The summed E-state index contributed by atoms with van der Waals surface area (Å²) >= 11 is 0. The minimum Gasteiger partial charge on any atom is -0.497 e. The predicted octanol–water partition coefficient (Wildman–Crippen LogP) is 5.36. The van der Waals surface area contributed by atoms with Crippen molar-refractivity contribution in [2.75, 3.05) is 21.3 Å². The molecule has 0 unspecified atom stereocenters. The van der Waals surface area contributed by atoms with E-state index in [2.05, 4.69) is 5.32 Å². The Hall–Kier alpha value is -3.64. The van der Waals surface area contributed by atoms with Crippen molar-refractivity contribution in [1.29, 1.82) is 0 Å². The van der Waals surface area contributed by atoms with E-state index in [1.54, 1.807) is 27.4 Å². The largest absolute Gasteiger partial charge is 0.497 e. The predicted molar refractivity (Wildman–Crippen MR) is 124 cm³/mol. The van der Waals surface area contributed by atoms with Crippen molar-refractivity contribution in [3.05, 3.63) is 83.7 Å². The summed E-state index contributed by atoms with van der Waals surface area (Å²) in [7, 11) is 4.89. The minimum atomic E-state index is -0.308. The highest BCUT2D eigenvalue weighted by atomic mass is 19.1. The van der Waals surface area contributed by atoms with E-state index in [9.17, 15) is 4.39 Å². The maximum atomic E-state index is 13.8. The lowest BCUT2D eigenvalue weighted by Crippen LogP contribution is -2.15. The second-order valence-corrected chi connectivity index (χ2v) is 7.32. The van der Waals surface area contributed by atoms with E-state index in [0.29, 0.717) is 30.1 Å². The van der Waals surface area contributed by atoms with Crippen molar-refractivity contribution < 1.29 is 18.6 Å². The number of fused-ring (bicyclic) bond motifs is 1. The van der Waals surface area contributed by atoms with Gasteiger partial charge >= 0.3 is 0 Å². The fraction of sp³-hybridized carbons (Fsp3) is 0.192. The Morgan fingerprint density at radius 2 is 1.62 bits per heavy atom. The number of benzene rings is 3. The van der Waals surface area contributed by atoms with Gasteiger partial charge in [0.05, 0.1) is 32.5 Å². The quantitative estimate of drug-likeness (QED) is 0.406. The van der Waals surface area contributed by atoms with Gasteiger partial charge < -0.3 is 19.5 Å². The average molecular weight is 432 g/mol. The molecule has 1 aromatic heterocycles. The van der Waals surface area contributed by atoms with Crippen molar-refractivity contribution in [2.45, 2.75) is 13.1 Å². The smallest absolute Gasteiger partial charge is 0.165 e.